The van der Waals surface area contributed by atoms with E-state index in [1.165, 1.54) is 0 Å². The summed E-state index contributed by atoms with van der Waals surface area (Å²) in [5, 5.41) is 0.719. The summed E-state index contributed by atoms with van der Waals surface area (Å²) >= 11 is 0. The van der Waals surface area contributed by atoms with Crippen LogP contribution in [0.1, 0.15) is 37.4 Å². The summed E-state index contributed by atoms with van der Waals surface area (Å²) in [7, 11) is 1.67. The van der Waals surface area contributed by atoms with Crippen molar-refractivity contribution in [2.75, 3.05) is 53.2 Å². The molecule has 154 valence electrons. The largest absolute Gasteiger partial charge is 0.492 e. The molecule has 1 fully saturated rings. The molecule has 0 bridgehead atoms. The Bertz CT molecular complexity index is 827. The molecule has 1 aromatic carbocycles. The molecule has 1 saturated heterocycles. The van der Waals surface area contributed by atoms with Gasteiger partial charge in [0, 0.05) is 55.9 Å². The Morgan fingerprint density at radius 2 is 2.04 bits per heavy atom. The highest BCUT2D eigenvalue weighted by molar-refractivity contribution is 5.84. The fraction of sp³-hybridized carbons (Fsp3) is 0.591. The number of H-pyrrole nitrogens is 1. The maximum Gasteiger partial charge on any atom is 0.189 e. The summed E-state index contributed by atoms with van der Waals surface area (Å²) in [5.41, 5.74) is 2.94. The lowest BCUT2D eigenvalue weighted by Crippen LogP contribution is -2.38. The molecule has 2 heterocycles. The standard InChI is InChI=1S/C22H32N2O4/c1-4-16(2)21-20(28-14-10-24-8-12-27-13-9-24)6-5-18-19(25)15-17(7-11-26-3)23-22(18)21/h5-6,15-16H,4,7-14H2,1-3H3,(H,23,25). The minimum absolute atomic E-state index is 0.0456. The van der Waals surface area contributed by atoms with E-state index < -0.39 is 0 Å². The quantitative estimate of drug-likeness (QED) is 0.716. The van der Waals surface area contributed by atoms with Gasteiger partial charge in [-0.25, -0.2) is 0 Å². The van der Waals surface area contributed by atoms with Crippen molar-refractivity contribution >= 4 is 10.9 Å². The molecule has 1 unspecified atom stereocenters. The predicted octanol–water partition coefficient (Wildman–Crippen LogP) is 2.94. The third-order valence-corrected chi connectivity index (χ3v) is 5.51. The second kappa shape index (κ2) is 10.0. The van der Waals surface area contributed by atoms with Gasteiger partial charge in [0.15, 0.2) is 5.43 Å². The third kappa shape index (κ3) is 4.93. The van der Waals surface area contributed by atoms with E-state index in [4.69, 9.17) is 14.2 Å². The Labute approximate surface area is 166 Å². The molecule has 3 rings (SSSR count). The highest BCUT2D eigenvalue weighted by Gasteiger charge is 2.18. The zero-order valence-corrected chi connectivity index (χ0v) is 17.3. The van der Waals surface area contributed by atoms with Crippen LogP contribution in [-0.2, 0) is 15.9 Å². The highest BCUT2D eigenvalue weighted by atomic mass is 16.5. The molecule has 6 heteroatoms. The molecule has 2 aromatic rings. The van der Waals surface area contributed by atoms with E-state index in [1.807, 2.05) is 12.1 Å². The van der Waals surface area contributed by atoms with E-state index in [2.05, 4.69) is 23.7 Å². The van der Waals surface area contributed by atoms with Crippen molar-refractivity contribution < 1.29 is 14.2 Å². The number of hydrogen-bond donors (Lipinski definition) is 1. The van der Waals surface area contributed by atoms with Crippen molar-refractivity contribution in [1.82, 2.24) is 9.88 Å². The number of aromatic amines is 1. The molecule has 1 aromatic heterocycles. The molecule has 0 amide bonds. The number of nitrogens with zero attached hydrogens (tertiary/aromatic N) is 1. The van der Waals surface area contributed by atoms with Crippen LogP contribution in [0.15, 0.2) is 23.0 Å². The molecule has 1 aliphatic heterocycles. The smallest absolute Gasteiger partial charge is 0.189 e. The Hall–Kier alpha value is -1.89. The normalized spacial score (nSPS) is 16.4. The van der Waals surface area contributed by atoms with Crippen LogP contribution in [0.25, 0.3) is 10.9 Å². The zero-order chi connectivity index (χ0) is 19.9. The van der Waals surface area contributed by atoms with Gasteiger partial charge >= 0.3 is 0 Å². The van der Waals surface area contributed by atoms with Crippen LogP contribution in [0.3, 0.4) is 0 Å². The number of aromatic nitrogens is 1. The summed E-state index contributed by atoms with van der Waals surface area (Å²) in [4.78, 5) is 18.5. The van der Waals surface area contributed by atoms with Gasteiger partial charge in [0.05, 0.1) is 25.3 Å². The molecule has 0 radical (unpaired) electrons. The van der Waals surface area contributed by atoms with Gasteiger partial charge in [0.1, 0.15) is 12.4 Å². The van der Waals surface area contributed by atoms with Crippen LogP contribution < -0.4 is 10.2 Å². The number of rotatable bonds is 9. The summed E-state index contributed by atoms with van der Waals surface area (Å²) in [6.45, 7) is 9.92. The van der Waals surface area contributed by atoms with E-state index in [9.17, 15) is 4.79 Å². The van der Waals surface area contributed by atoms with Crippen LogP contribution in [0.5, 0.6) is 5.75 Å². The number of morpholine rings is 1. The minimum Gasteiger partial charge on any atom is -0.492 e. The van der Waals surface area contributed by atoms with Gasteiger partial charge in [0.2, 0.25) is 0 Å². The van der Waals surface area contributed by atoms with Crippen LogP contribution in [0, 0.1) is 0 Å². The minimum atomic E-state index is 0.0456. The number of ether oxygens (including phenoxy) is 3. The summed E-state index contributed by atoms with van der Waals surface area (Å²) in [6, 6.07) is 5.51. The van der Waals surface area contributed by atoms with E-state index in [-0.39, 0.29) is 11.3 Å². The molecule has 0 aliphatic carbocycles. The number of fused-ring (bicyclic) bond motifs is 1. The van der Waals surface area contributed by atoms with Gasteiger partial charge in [-0.15, -0.1) is 0 Å². The Morgan fingerprint density at radius 1 is 1.25 bits per heavy atom. The number of hydrogen-bond acceptors (Lipinski definition) is 5. The number of pyridine rings is 1. The van der Waals surface area contributed by atoms with Gasteiger partial charge in [-0.05, 0) is 24.5 Å². The number of methoxy groups -OCH3 is 1. The zero-order valence-electron chi connectivity index (χ0n) is 17.3. The molecule has 1 N–H and O–H groups in total. The van der Waals surface area contributed by atoms with Gasteiger partial charge in [-0.1, -0.05) is 13.8 Å². The fourth-order valence-electron chi connectivity index (χ4n) is 3.65. The molecule has 0 spiro atoms. The lowest BCUT2D eigenvalue weighted by Gasteiger charge is -2.27. The lowest BCUT2D eigenvalue weighted by atomic mass is 9.94. The van der Waals surface area contributed by atoms with Crippen molar-refractivity contribution in [3.8, 4) is 5.75 Å². The topological polar surface area (TPSA) is 63.8 Å². The van der Waals surface area contributed by atoms with Gasteiger partial charge in [0.25, 0.3) is 0 Å². The summed E-state index contributed by atoms with van der Waals surface area (Å²) in [6.07, 6.45) is 1.66. The van der Waals surface area contributed by atoms with E-state index >= 15 is 0 Å². The van der Waals surface area contributed by atoms with Gasteiger partial charge in [-0.3, -0.25) is 9.69 Å². The first-order chi connectivity index (χ1) is 13.6. The van der Waals surface area contributed by atoms with Crippen LogP contribution in [-0.4, -0.2) is 63.1 Å². The SMILES string of the molecule is CCC(C)c1c(OCCN2CCOCC2)ccc2c(=O)cc(CCOC)[nH]c12. The van der Waals surface area contributed by atoms with Gasteiger partial charge in [-0.2, -0.15) is 0 Å². The first-order valence-corrected chi connectivity index (χ1v) is 10.2. The van der Waals surface area contributed by atoms with Crippen LogP contribution >= 0.6 is 0 Å². The molecule has 1 aliphatic rings. The van der Waals surface area contributed by atoms with Crippen molar-refractivity contribution in [2.24, 2.45) is 0 Å². The molecule has 28 heavy (non-hydrogen) atoms. The van der Waals surface area contributed by atoms with Crippen LogP contribution in [0.2, 0.25) is 0 Å². The summed E-state index contributed by atoms with van der Waals surface area (Å²) in [5.74, 6) is 1.16. The second-order valence-corrected chi connectivity index (χ2v) is 7.41. The first kappa shape index (κ1) is 20.8. The van der Waals surface area contributed by atoms with Crippen LogP contribution in [0.4, 0.5) is 0 Å². The maximum absolute atomic E-state index is 12.6. The molecule has 6 nitrogen and oxygen atoms in total. The first-order valence-electron chi connectivity index (χ1n) is 10.2. The lowest BCUT2D eigenvalue weighted by molar-refractivity contribution is 0.0322. The maximum atomic E-state index is 12.6. The molecular weight excluding hydrogens is 356 g/mol. The van der Waals surface area contributed by atoms with Crippen molar-refractivity contribution in [1.29, 1.82) is 0 Å². The monoisotopic (exact) mass is 388 g/mol. The Kier molecular flexibility index (Phi) is 7.48. The fourth-order valence-corrected chi connectivity index (χ4v) is 3.65. The van der Waals surface area contributed by atoms with Crippen molar-refractivity contribution in [2.45, 2.75) is 32.6 Å². The Balaban J connectivity index is 1.88. The highest BCUT2D eigenvalue weighted by Crippen LogP contribution is 2.34. The van der Waals surface area contributed by atoms with Crippen molar-refractivity contribution in [3.63, 3.8) is 0 Å². The summed E-state index contributed by atoms with van der Waals surface area (Å²) < 4.78 is 16.8. The average molecular weight is 389 g/mol. The number of nitrogens with one attached hydrogen (secondary N) is 1. The number of benzene rings is 1. The third-order valence-electron chi connectivity index (χ3n) is 5.51. The predicted molar refractivity (Wildman–Crippen MR) is 112 cm³/mol. The molecular formula is C22H32N2O4. The van der Waals surface area contributed by atoms with E-state index in [1.54, 1.807) is 13.2 Å². The molecule has 0 saturated carbocycles. The van der Waals surface area contributed by atoms with E-state index in [0.717, 1.165) is 67.2 Å². The Morgan fingerprint density at radius 3 is 2.75 bits per heavy atom. The molecule has 1 atom stereocenters. The van der Waals surface area contributed by atoms with Gasteiger partial charge < -0.3 is 19.2 Å². The average Bonchev–Trinajstić information content (AvgIpc) is 2.72. The second-order valence-electron chi connectivity index (χ2n) is 7.41. The van der Waals surface area contributed by atoms with Crippen molar-refractivity contribution in [3.05, 3.63) is 39.7 Å². The van der Waals surface area contributed by atoms with E-state index in [0.29, 0.717) is 19.6 Å².